The second kappa shape index (κ2) is 6.23. The van der Waals surface area contributed by atoms with Crippen LogP contribution in [-0.2, 0) is 17.9 Å². The van der Waals surface area contributed by atoms with E-state index in [2.05, 4.69) is 10.3 Å². The van der Waals surface area contributed by atoms with Crippen molar-refractivity contribution in [2.75, 3.05) is 0 Å². The first-order valence-electron chi connectivity index (χ1n) is 5.79. The van der Waals surface area contributed by atoms with Gasteiger partial charge in [-0.05, 0) is 24.3 Å². The first-order valence-corrected chi connectivity index (χ1v) is 6.17. The molecular formula is C12H11ClN4O4. The minimum absolute atomic E-state index is 0.121. The number of hydrogen-bond acceptors (Lipinski definition) is 5. The van der Waals surface area contributed by atoms with E-state index in [4.69, 9.17) is 27.2 Å². The highest BCUT2D eigenvalue weighted by Gasteiger charge is 2.20. The number of aromatic nitrogens is 3. The second-order valence-electron chi connectivity index (χ2n) is 4.06. The zero-order chi connectivity index (χ0) is 15.4. The number of aromatic carboxylic acids is 1. The second-order valence-corrected chi connectivity index (χ2v) is 4.49. The molecule has 9 heteroatoms. The lowest BCUT2D eigenvalue weighted by molar-refractivity contribution is -0.118. The van der Waals surface area contributed by atoms with Gasteiger partial charge in [-0.1, -0.05) is 16.8 Å². The van der Waals surface area contributed by atoms with Gasteiger partial charge >= 0.3 is 5.97 Å². The monoisotopic (exact) mass is 310 g/mol. The van der Waals surface area contributed by atoms with E-state index >= 15 is 0 Å². The molecule has 1 aromatic heterocycles. The summed E-state index contributed by atoms with van der Waals surface area (Å²) in [5.41, 5.74) is 4.93. The van der Waals surface area contributed by atoms with E-state index in [1.54, 1.807) is 24.3 Å². The number of primary amides is 1. The Morgan fingerprint density at radius 2 is 2.00 bits per heavy atom. The molecule has 0 radical (unpaired) electrons. The van der Waals surface area contributed by atoms with Gasteiger partial charge in [-0.25, -0.2) is 9.48 Å². The minimum atomic E-state index is -1.26. The molecule has 2 rings (SSSR count). The van der Waals surface area contributed by atoms with Crippen LogP contribution >= 0.6 is 11.6 Å². The van der Waals surface area contributed by atoms with Crippen molar-refractivity contribution in [1.29, 1.82) is 0 Å². The maximum atomic E-state index is 11.1. The lowest BCUT2D eigenvalue weighted by Crippen LogP contribution is -2.22. The van der Waals surface area contributed by atoms with Crippen molar-refractivity contribution in [1.82, 2.24) is 15.0 Å². The molecule has 110 valence electrons. The standard InChI is InChI=1S/C12H11ClN4O4/c13-7-1-3-8(4-2-7)21-6-9-11(12(19)20)15-16-17(9)5-10(14)18/h1-4H,5-6H2,(H2,14,18)(H,19,20). The molecule has 0 bridgehead atoms. The van der Waals surface area contributed by atoms with Crippen molar-refractivity contribution >= 4 is 23.5 Å². The number of halogens is 1. The minimum Gasteiger partial charge on any atom is -0.487 e. The number of ether oxygens (including phenoxy) is 1. The van der Waals surface area contributed by atoms with Crippen LogP contribution in [0.25, 0.3) is 0 Å². The summed E-state index contributed by atoms with van der Waals surface area (Å²) < 4.78 is 6.54. The van der Waals surface area contributed by atoms with E-state index in [0.717, 1.165) is 4.68 Å². The van der Waals surface area contributed by atoms with Crippen LogP contribution in [0.4, 0.5) is 0 Å². The normalized spacial score (nSPS) is 10.3. The van der Waals surface area contributed by atoms with Gasteiger partial charge in [-0.2, -0.15) is 0 Å². The summed E-state index contributed by atoms with van der Waals surface area (Å²) in [5.74, 6) is -1.44. The lowest BCUT2D eigenvalue weighted by atomic mass is 10.3. The fourth-order valence-electron chi connectivity index (χ4n) is 1.60. The molecule has 0 atom stereocenters. The molecule has 0 unspecified atom stereocenters. The number of carboxylic acid groups (broad SMARTS) is 1. The molecule has 1 aromatic carbocycles. The van der Waals surface area contributed by atoms with Gasteiger partial charge in [0.25, 0.3) is 0 Å². The van der Waals surface area contributed by atoms with Crippen molar-refractivity contribution < 1.29 is 19.4 Å². The predicted octanol–water partition coefficient (Wildman–Crippen LogP) is 0.694. The number of carbonyl (C=O) groups excluding carboxylic acids is 1. The maximum Gasteiger partial charge on any atom is 0.358 e. The Balaban J connectivity index is 2.20. The summed E-state index contributed by atoms with van der Waals surface area (Å²) in [4.78, 5) is 22.0. The first-order chi connectivity index (χ1) is 9.97. The molecule has 0 fully saturated rings. The van der Waals surface area contributed by atoms with Crippen LogP contribution in [0.3, 0.4) is 0 Å². The predicted molar refractivity (Wildman–Crippen MR) is 72.0 cm³/mol. The van der Waals surface area contributed by atoms with Crippen molar-refractivity contribution in [3.63, 3.8) is 0 Å². The largest absolute Gasteiger partial charge is 0.487 e. The van der Waals surface area contributed by atoms with E-state index in [9.17, 15) is 9.59 Å². The Labute approximate surface area is 124 Å². The zero-order valence-corrected chi connectivity index (χ0v) is 11.4. The lowest BCUT2D eigenvalue weighted by Gasteiger charge is -2.08. The van der Waals surface area contributed by atoms with Gasteiger partial charge in [0, 0.05) is 5.02 Å². The van der Waals surface area contributed by atoms with Gasteiger partial charge in [0.05, 0.1) is 0 Å². The Morgan fingerprint density at radius 3 is 2.57 bits per heavy atom. The number of rotatable bonds is 6. The Hall–Kier alpha value is -2.61. The average Bonchev–Trinajstić information content (AvgIpc) is 2.80. The average molecular weight is 311 g/mol. The van der Waals surface area contributed by atoms with Gasteiger partial charge in [-0.15, -0.1) is 5.10 Å². The fourth-order valence-corrected chi connectivity index (χ4v) is 1.72. The number of nitrogens with zero attached hydrogens (tertiary/aromatic N) is 3. The summed E-state index contributed by atoms with van der Waals surface area (Å²) >= 11 is 5.75. The number of carbonyl (C=O) groups is 2. The summed E-state index contributed by atoms with van der Waals surface area (Å²) in [6, 6.07) is 6.53. The molecular weight excluding hydrogens is 300 g/mol. The molecule has 21 heavy (non-hydrogen) atoms. The van der Waals surface area contributed by atoms with Crippen LogP contribution in [0, 0.1) is 0 Å². The molecule has 0 aliphatic rings. The van der Waals surface area contributed by atoms with Crippen LogP contribution in [0.5, 0.6) is 5.75 Å². The zero-order valence-electron chi connectivity index (χ0n) is 10.7. The van der Waals surface area contributed by atoms with Gasteiger partial charge in [0.1, 0.15) is 24.6 Å². The van der Waals surface area contributed by atoms with Crippen molar-refractivity contribution in [3.05, 3.63) is 40.7 Å². The topological polar surface area (TPSA) is 120 Å². The van der Waals surface area contributed by atoms with Gasteiger partial charge in [-0.3, -0.25) is 4.79 Å². The highest BCUT2D eigenvalue weighted by molar-refractivity contribution is 6.30. The van der Waals surface area contributed by atoms with Crippen molar-refractivity contribution in [2.45, 2.75) is 13.2 Å². The maximum absolute atomic E-state index is 11.1. The molecule has 0 aliphatic carbocycles. The van der Waals surface area contributed by atoms with Crippen LogP contribution < -0.4 is 10.5 Å². The van der Waals surface area contributed by atoms with E-state index in [1.807, 2.05) is 0 Å². The van der Waals surface area contributed by atoms with E-state index in [1.165, 1.54) is 0 Å². The number of benzene rings is 1. The number of amides is 1. The molecule has 0 saturated carbocycles. The molecule has 8 nitrogen and oxygen atoms in total. The summed E-state index contributed by atoms with van der Waals surface area (Å²) in [7, 11) is 0. The highest BCUT2D eigenvalue weighted by Crippen LogP contribution is 2.17. The summed E-state index contributed by atoms with van der Waals surface area (Å²) in [5, 5.41) is 16.7. The third-order valence-corrected chi connectivity index (χ3v) is 2.79. The number of nitrogens with two attached hydrogens (primary N) is 1. The Morgan fingerprint density at radius 1 is 1.33 bits per heavy atom. The third-order valence-electron chi connectivity index (χ3n) is 2.53. The SMILES string of the molecule is NC(=O)Cn1nnc(C(=O)O)c1COc1ccc(Cl)cc1. The van der Waals surface area contributed by atoms with Gasteiger partial charge in [0.2, 0.25) is 5.91 Å². The fraction of sp³-hybridized carbons (Fsp3) is 0.167. The van der Waals surface area contributed by atoms with Crippen molar-refractivity contribution in [2.24, 2.45) is 5.73 Å². The molecule has 1 amide bonds. The Kier molecular flexibility index (Phi) is 4.39. The van der Waals surface area contributed by atoms with Crippen molar-refractivity contribution in [3.8, 4) is 5.75 Å². The first kappa shape index (κ1) is 14.8. The quantitative estimate of drug-likeness (QED) is 0.810. The Bertz CT molecular complexity index is 668. The summed E-state index contributed by atoms with van der Waals surface area (Å²) in [6.07, 6.45) is 0. The molecule has 2 aromatic rings. The van der Waals surface area contributed by atoms with Gasteiger partial charge < -0.3 is 15.6 Å². The molecule has 0 saturated heterocycles. The smallest absolute Gasteiger partial charge is 0.358 e. The van der Waals surface area contributed by atoms with Crippen LogP contribution in [0.15, 0.2) is 24.3 Å². The van der Waals surface area contributed by atoms with Gasteiger partial charge in [0.15, 0.2) is 5.69 Å². The van der Waals surface area contributed by atoms with Crippen LogP contribution in [0.1, 0.15) is 16.2 Å². The highest BCUT2D eigenvalue weighted by atomic mass is 35.5. The number of hydrogen-bond donors (Lipinski definition) is 2. The van der Waals surface area contributed by atoms with E-state index in [-0.39, 0.29) is 24.5 Å². The molecule has 0 spiro atoms. The third kappa shape index (κ3) is 3.69. The number of carboxylic acids is 1. The molecule has 3 N–H and O–H groups in total. The molecule has 0 aliphatic heterocycles. The summed E-state index contributed by atoms with van der Waals surface area (Å²) in [6.45, 7) is -0.400. The van der Waals surface area contributed by atoms with Crippen LogP contribution in [0.2, 0.25) is 5.02 Å². The molecule has 1 heterocycles. The van der Waals surface area contributed by atoms with Crippen LogP contribution in [-0.4, -0.2) is 32.0 Å². The van der Waals surface area contributed by atoms with E-state index < -0.39 is 11.9 Å². The van der Waals surface area contributed by atoms with E-state index in [0.29, 0.717) is 10.8 Å².